The lowest BCUT2D eigenvalue weighted by Gasteiger charge is -2.40. The fourth-order valence-corrected chi connectivity index (χ4v) is 2.77. The van der Waals surface area contributed by atoms with Gasteiger partial charge in [-0.05, 0) is 31.5 Å². The van der Waals surface area contributed by atoms with Gasteiger partial charge in [0.2, 0.25) is 0 Å². The molecule has 20 heavy (non-hydrogen) atoms. The average Bonchev–Trinajstić information content (AvgIpc) is 2.46. The molecule has 1 aromatic carbocycles. The summed E-state index contributed by atoms with van der Waals surface area (Å²) in [7, 11) is 0. The Kier molecular flexibility index (Phi) is 5.40. The molecule has 2 unspecified atom stereocenters. The molecule has 0 aromatic heterocycles. The monoisotopic (exact) mass is 279 g/mol. The Bertz CT molecular complexity index is 398. The molecule has 1 fully saturated rings. The average molecular weight is 279 g/mol. The third-order valence-corrected chi connectivity index (χ3v) is 3.90. The third-order valence-electron chi connectivity index (χ3n) is 3.90. The molecule has 0 radical (unpaired) electrons. The van der Waals surface area contributed by atoms with Crippen LogP contribution >= 0.6 is 0 Å². The molecule has 0 saturated carbocycles. The highest BCUT2D eigenvalue weighted by atomic mass is 16.5. The van der Waals surface area contributed by atoms with Crippen LogP contribution in [0, 0.1) is 5.41 Å². The second-order valence-corrected chi connectivity index (χ2v) is 6.09. The van der Waals surface area contributed by atoms with Gasteiger partial charge in [-0.3, -0.25) is 0 Å². The first kappa shape index (κ1) is 15.3. The quantitative estimate of drug-likeness (QED) is 0.829. The van der Waals surface area contributed by atoms with Crippen LogP contribution in [0.4, 0.5) is 0 Å². The minimum absolute atomic E-state index is 0.0295. The second-order valence-electron chi connectivity index (χ2n) is 6.09. The van der Waals surface area contributed by atoms with Crippen LogP contribution in [0.2, 0.25) is 0 Å². The van der Waals surface area contributed by atoms with Gasteiger partial charge in [0.05, 0.1) is 0 Å². The first-order chi connectivity index (χ1) is 9.61. The van der Waals surface area contributed by atoms with Gasteiger partial charge in [0.15, 0.2) is 0 Å². The van der Waals surface area contributed by atoms with Gasteiger partial charge < -0.3 is 19.8 Å². The van der Waals surface area contributed by atoms with Crippen LogP contribution in [0.3, 0.4) is 0 Å². The van der Waals surface area contributed by atoms with Gasteiger partial charge in [0.25, 0.3) is 0 Å². The summed E-state index contributed by atoms with van der Waals surface area (Å²) in [6.45, 7) is 5.04. The highest BCUT2D eigenvalue weighted by Gasteiger charge is 2.30. The molecule has 2 atom stereocenters. The maximum atomic E-state index is 10.1. The van der Waals surface area contributed by atoms with Crippen LogP contribution in [-0.4, -0.2) is 54.1 Å². The number of aliphatic hydroxyl groups excluding tert-OH is 2. The number of ether oxygens (including phenoxy) is 1. The zero-order chi connectivity index (χ0) is 14.4. The number of hydrogen-bond donors (Lipinski definition) is 2. The van der Waals surface area contributed by atoms with Crippen molar-refractivity contribution in [3.63, 3.8) is 0 Å². The largest absolute Gasteiger partial charge is 0.491 e. The van der Waals surface area contributed by atoms with Crippen LogP contribution in [0.25, 0.3) is 0 Å². The van der Waals surface area contributed by atoms with Gasteiger partial charge in [-0.15, -0.1) is 0 Å². The smallest absolute Gasteiger partial charge is 0.119 e. The Morgan fingerprint density at radius 2 is 2.10 bits per heavy atom. The zero-order valence-corrected chi connectivity index (χ0v) is 12.2. The van der Waals surface area contributed by atoms with E-state index < -0.39 is 6.10 Å². The first-order valence-electron chi connectivity index (χ1n) is 7.30. The summed E-state index contributed by atoms with van der Waals surface area (Å²) in [5.41, 5.74) is -0.0295. The van der Waals surface area contributed by atoms with Crippen LogP contribution in [-0.2, 0) is 0 Å². The number of piperidine rings is 1. The molecule has 0 amide bonds. The normalized spacial score (nSPS) is 25.4. The molecular formula is C16H25NO3. The molecule has 0 spiro atoms. The highest BCUT2D eigenvalue weighted by Crippen LogP contribution is 2.28. The lowest BCUT2D eigenvalue weighted by molar-refractivity contribution is 0.0101. The fourth-order valence-electron chi connectivity index (χ4n) is 2.77. The van der Waals surface area contributed by atoms with E-state index in [1.54, 1.807) is 0 Å². The standard InChI is InChI=1S/C16H25NO3/c1-16(13-18)8-5-9-17(12-16)10-14(19)11-20-15-6-3-2-4-7-15/h2-4,6-7,14,18-19H,5,8-13H2,1H3. The molecule has 0 bridgehead atoms. The van der Waals surface area contributed by atoms with E-state index in [0.717, 1.165) is 31.7 Å². The predicted molar refractivity (Wildman–Crippen MR) is 78.8 cm³/mol. The fraction of sp³-hybridized carbons (Fsp3) is 0.625. The zero-order valence-electron chi connectivity index (χ0n) is 12.2. The summed E-state index contributed by atoms with van der Waals surface area (Å²) in [6, 6.07) is 9.54. The topological polar surface area (TPSA) is 52.9 Å². The van der Waals surface area contributed by atoms with E-state index in [4.69, 9.17) is 4.74 Å². The Balaban J connectivity index is 1.75. The Labute approximate surface area is 121 Å². The summed E-state index contributed by atoms with van der Waals surface area (Å²) in [4.78, 5) is 2.22. The molecular weight excluding hydrogens is 254 g/mol. The lowest BCUT2D eigenvalue weighted by Crippen LogP contribution is -2.47. The number of nitrogens with zero attached hydrogens (tertiary/aromatic N) is 1. The number of rotatable bonds is 6. The number of benzene rings is 1. The molecule has 112 valence electrons. The lowest BCUT2D eigenvalue weighted by atomic mass is 9.83. The molecule has 0 aliphatic carbocycles. The van der Waals surface area contributed by atoms with Crippen molar-refractivity contribution in [1.29, 1.82) is 0 Å². The van der Waals surface area contributed by atoms with Gasteiger partial charge in [0, 0.05) is 25.1 Å². The summed E-state index contributed by atoms with van der Waals surface area (Å²) < 4.78 is 5.56. The summed E-state index contributed by atoms with van der Waals surface area (Å²) in [6.07, 6.45) is 1.62. The van der Waals surface area contributed by atoms with Crippen molar-refractivity contribution < 1.29 is 14.9 Å². The Hall–Kier alpha value is -1.10. The molecule has 2 rings (SSSR count). The van der Waals surface area contributed by atoms with E-state index in [9.17, 15) is 10.2 Å². The molecule has 2 N–H and O–H groups in total. The maximum absolute atomic E-state index is 10.1. The van der Waals surface area contributed by atoms with Crippen LogP contribution in [0.1, 0.15) is 19.8 Å². The first-order valence-corrected chi connectivity index (χ1v) is 7.30. The van der Waals surface area contributed by atoms with Crippen LogP contribution in [0.5, 0.6) is 5.75 Å². The van der Waals surface area contributed by atoms with Gasteiger partial charge in [-0.1, -0.05) is 25.1 Å². The summed E-state index contributed by atoms with van der Waals surface area (Å²) in [5, 5.41) is 19.5. The molecule has 4 heteroatoms. The van der Waals surface area contributed by atoms with Gasteiger partial charge in [0.1, 0.15) is 18.5 Å². The number of aliphatic hydroxyl groups is 2. The van der Waals surface area contributed by atoms with Crippen molar-refractivity contribution in [3.05, 3.63) is 30.3 Å². The molecule has 4 nitrogen and oxygen atoms in total. The molecule has 1 aliphatic heterocycles. The minimum atomic E-state index is -0.503. The number of β-amino-alcohol motifs (C(OH)–C–C–N with tert-alkyl or cyclic N) is 1. The molecule has 1 saturated heterocycles. The van der Waals surface area contributed by atoms with Crippen molar-refractivity contribution in [3.8, 4) is 5.75 Å². The van der Waals surface area contributed by atoms with E-state index in [2.05, 4.69) is 11.8 Å². The van der Waals surface area contributed by atoms with Crippen LogP contribution < -0.4 is 4.74 Å². The van der Waals surface area contributed by atoms with E-state index in [1.807, 2.05) is 30.3 Å². The molecule has 1 aliphatic rings. The Morgan fingerprint density at radius 1 is 1.35 bits per heavy atom. The summed E-state index contributed by atoms with van der Waals surface area (Å²) in [5.74, 6) is 0.783. The molecule has 1 aromatic rings. The van der Waals surface area contributed by atoms with Gasteiger partial charge in [-0.25, -0.2) is 0 Å². The van der Waals surface area contributed by atoms with E-state index in [0.29, 0.717) is 13.2 Å². The Morgan fingerprint density at radius 3 is 2.80 bits per heavy atom. The third kappa shape index (κ3) is 4.47. The summed E-state index contributed by atoms with van der Waals surface area (Å²) >= 11 is 0. The van der Waals surface area contributed by atoms with Crippen molar-refractivity contribution >= 4 is 0 Å². The van der Waals surface area contributed by atoms with E-state index >= 15 is 0 Å². The second kappa shape index (κ2) is 7.07. The maximum Gasteiger partial charge on any atom is 0.119 e. The number of para-hydroxylation sites is 1. The van der Waals surface area contributed by atoms with Gasteiger partial charge in [-0.2, -0.15) is 0 Å². The van der Waals surface area contributed by atoms with Crippen LogP contribution in [0.15, 0.2) is 30.3 Å². The van der Waals surface area contributed by atoms with E-state index in [-0.39, 0.29) is 12.0 Å². The predicted octanol–water partition coefficient (Wildman–Crippen LogP) is 1.52. The number of likely N-dealkylation sites (tertiary alicyclic amines) is 1. The van der Waals surface area contributed by atoms with Crippen molar-refractivity contribution in [2.45, 2.75) is 25.9 Å². The van der Waals surface area contributed by atoms with Gasteiger partial charge >= 0.3 is 0 Å². The highest BCUT2D eigenvalue weighted by molar-refractivity contribution is 5.20. The van der Waals surface area contributed by atoms with Crippen molar-refractivity contribution in [1.82, 2.24) is 4.90 Å². The van der Waals surface area contributed by atoms with Crippen molar-refractivity contribution in [2.24, 2.45) is 5.41 Å². The number of hydrogen-bond acceptors (Lipinski definition) is 4. The van der Waals surface area contributed by atoms with E-state index in [1.165, 1.54) is 0 Å². The molecule has 1 heterocycles. The minimum Gasteiger partial charge on any atom is -0.491 e. The SMILES string of the molecule is CC1(CO)CCCN(CC(O)COc2ccccc2)C1. The van der Waals surface area contributed by atoms with Crippen molar-refractivity contribution in [2.75, 3.05) is 32.8 Å².